The summed E-state index contributed by atoms with van der Waals surface area (Å²) in [5.74, 6) is 0. The maximum atomic E-state index is 11.2. The Bertz CT molecular complexity index is 200. The lowest BCUT2D eigenvalue weighted by Crippen LogP contribution is -2.41. The minimum Gasteiger partial charge on any atom is -0.441 e. The fourth-order valence-corrected chi connectivity index (χ4v) is 1.82. The molecular weight excluding hydrogens is 158 g/mol. The zero-order chi connectivity index (χ0) is 8.60. The van der Waals surface area contributed by atoms with Gasteiger partial charge in [-0.1, -0.05) is 0 Å². The predicted octanol–water partition coefficient (Wildman–Crippen LogP) is 0.354. The molecule has 0 aromatic carbocycles. The molecule has 68 valence electrons. The van der Waals surface area contributed by atoms with E-state index >= 15 is 0 Å². The minimum atomic E-state index is -0.260. The summed E-state index contributed by atoms with van der Waals surface area (Å²) in [4.78, 5) is 12.7. The average Bonchev–Trinajstić information content (AvgIpc) is 2.29. The molecule has 0 radical (unpaired) electrons. The van der Waals surface area contributed by atoms with Gasteiger partial charge in [-0.2, -0.15) is 0 Å². The fraction of sp³-hybridized carbons (Fsp3) is 0.875. The number of aliphatic hydroxyl groups is 1. The van der Waals surface area contributed by atoms with Crippen molar-refractivity contribution in [3.05, 3.63) is 0 Å². The Morgan fingerprint density at radius 3 is 2.75 bits per heavy atom. The van der Waals surface area contributed by atoms with Crippen LogP contribution in [-0.2, 0) is 4.74 Å². The summed E-state index contributed by atoms with van der Waals surface area (Å²) in [6.07, 6.45) is 2.87. The molecule has 1 saturated heterocycles. The summed E-state index contributed by atoms with van der Waals surface area (Å²) >= 11 is 0. The van der Waals surface area contributed by atoms with Gasteiger partial charge < -0.3 is 14.7 Å². The quantitative estimate of drug-likeness (QED) is 0.652. The Kier molecular flexibility index (Phi) is 1.72. The number of amides is 1. The first-order chi connectivity index (χ1) is 5.76. The number of aliphatic hydroxyl groups excluding tert-OH is 1. The van der Waals surface area contributed by atoms with E-state index in [0.717, 1.165) is 19.3 Å². The van der Waals surface area contributed by atoms with Gasteiger partial charge in [0.25, 0.3) is 0 Å². The van der Waals surface area contributed by atoms with Crippen LogP contribution in [0.4, 0.5) is 4.79 Å². The minimum absolute atomic E-state index is 0.0190. The lowest BCUT2D eigenvalue weighted by atomic mass is 9.80. The van der Waals surface area contributed by atoms with E-state index in [4.69, 9.17) is 9.84 Å². The number of β-amino-alcohol motifs (C(OH)–C–C–N with tert-alkyl or cyclic N) is 1. The number of hydrogen-bond donors (Lipinski definition) is 1. The van der Waals surface area contributed by atoms with Crippen molar-refractivity contribution in [1.82, 2.24) is 4.90 Å². The molecule has 0 unspecified atom stereocenters. The number of ether oxygens (including phenoxy) is 1. The van der Waals surface area contributed by atoms with Crippen LogP contribution in [0.2, 0.25) is 0 Å². The summed E-state index contributed by atoms with van der Waals surface area (Å²) in [6, 6.07) is 0. The highest BCUT2D eigenvalue weighted by Crippen LogP contribution is 2.40. The van der Waals surface area contributed by atoms with Crippen LogP contribution >= 0.6 is 0 Å². The van der Waals surface area contributed by atoms with Crippen LogP contribution in [0.15, 0.2) is 0 Å². The Balaban J connectivity index is 1.97. The van der Waals surface area contributed by atoms with Crippen LogP contribution < -0.4 is 0 Å². The molecule has 0 aromatic heterocycles. The van der Waals surface area contributed by atoms with E-state index in [9.17, 15) is 4.79 Å². The van der Waals surface area contributed by atoms with Gasteiger partial charge in [-0.05, 0) is 19.3 Å². The monoisotopic (exact) mass is 171 g/mol. The highest BCUT2D eigenvalue weighted by Gasteiger charge is 2.48. The van der Waals surface area contributed by atoms with E-state index in [1.54, 1.807) is 4.90 Å². The van der Waals surface area contributed by atoms with Gasteiger partial charge in [0.2, 0.25) is 0 Å². The van der Waals surface area contributed by atoms with E-state index in [-0.39, 0.29) is 18.3 Å². The highest BCUT2D eigenvalue weighted by molar-refractivity contribution is 5.70. The van der Waals surface area contributed by atoms with Crippen molar-refractivity contribution < 1.29 is 14.6 Å². The smallest absolute Gasteiger partial charge is 0.410 e. The van der Waals surface area contributed by atoms with Crippen molar-refractivity contribution in [1.29, 1.82) is 0 Å². The third-order valence-electron chi connectivity index (χ3n) is 2.68. The average molecular weight is 171 g/mol. The van der Waals surface area contributed by atoms with Gasteiger partial charge in [0.15, 0.2) is 0 Å². The fourth-order valence-electron chi connectivity index (χ4n) is 1.82. The molecule has 1 N–H and O–H groups in total. The zero-order valence-electron chi connectivity index (χ0n) is 6.95. The Morgan fingerprint density at radius 2 is 2.33 bits per heavy atom. The van der Waals surface area contributed by atoms with Crippen LogP contribution in [0.3, 0.4) is 0 Å². The maximum Gasteiger partial charge on any atom is 0.410 e. The molecule has 1 spiro atoms. The topological polar surface area (TPSA) is 49.8 Å². The van der Waals surface area contributed by atoms with Gasteiger partial charge in [-0.25, -0.2) is 4.79 Å². The third-order valence-corrected chi connectivity index (χ3v) is 2.68. The van der Waals surface area contributed by atoms with Gasteiger partial charge in [0.1, 0.15) is 5.60 Å². The molecule has 1 aliphatic heterocycles. The Hall–Kier alpha value is -0.770. The number of rotatable bonds is 2. The van der Waals surface area contributed by atoms with Crippen molar-refractivity contribution in [2.45, 2.75) is 24.9 Å². The second kappa shape index (κ2) is 2.62. The largest absolute Gasteiger partial charge is 0.441 e. The summed E-state index contributed by atoms with van der Waals surface area (Å²) in [7, 11) is 0. The van der Waals surface area contributed by atoms with Crippen LogP contribution in [0.5, 0.6) is 0 Å². The summed E-state index contributed by atoms with van der Waals surface area (Å²) in [5, 5.41) is 8.66. The van der Waals surface area contributed by atoms with E-state index in [1.807, 2.05) is 0 Å². The summed E-state index contributed by atoms with van der Waals surface area (Å²) in [5.41, 5.74) is -0.174. The molecule has 0 aromatic rings. The molecule has 1 saturated carbocycles. The standard InChI is InChI=1S/C8H13NO3/c10-5-4-9-6-8(2-1-3-8)12-7(9)11/h10H,1-6H2. The number of hydrogen-bond acceptors (Lipinski definition) is 3. The van der Waals surface area contributed by atoms with Gasteiger partial charge in [0.05, 0.1) is 13.2 Å². The molecule has 0 atom stereocenters. The normalized spacial score (nSPS) is 25.8. The highest BCUT2D eigenvalue weighted by atomic mass is 16.6. The summed E-state index contributed by atoms with van der Waals surface area (Å²) in [6.45, 7) is 1.10. The van der Waals surface area contributed by atoms with E-state index in [2.05, 4.69) is 0 Å². The van der Waals surface area contributed by atoms with Gasteiger partial charge in [-0.3, -0.25) is 0 Å². The van der Waals surface area contributed by atoms with Crippen molar-refractivity contribution in [3.8, 4) is 0 Å². The SMILES string of the molecule is O=C1OC2(CCC2)CN1CCO. The van der Waals surface area contributed by atoms with Crippen molar-refractivity contribution in [2.75, 3.05) is 19.7 Å². The summed E-state index contributed by atoms with van der Waals surface area (Å²) < 4.78 is 5.23. The van der Waals surface area contributed by atoms with E-state index in [1.165, 1.54) is 0 Å². The lowest BCUT2D eigenvalue weighted by molar-refractivity contribution is -0.00690. The van der Waals surface area contributed by atoms with Crippen molar-refractivity contribution in [3.63, 3.8) is 0 Å². The molecule has 1 aliphatic carbocycles. The Labute approximate surface area is 71.1 Å². The zero-order valence-corrected chi connectivity index (χ0v) is 6.95. The number of nitrogens with zero attached hydrogens (tertiary/aromatic N) is 1. The van der Waals surface area contributed by atoms with Crippen LogP contribution in [0.1, 0.15) is 19.3 Å². The molecule has 1 amide bonds. The third kappa shape index (κ3) is 1.06. The van der Waals surface area contributed by atoms with Crippen LogP contribution in [0, 0.1) is 0 Å². The molecule has 4 nitrogen and oxygen atoms in total. The predicted molar refractivity (Wildman–Crippen MR) is 41.7 cm³/mol. The molecule has 2 fully saturated rings. The maximum absolute atomic E-state index is 11.2. The Morgan fingerprint density at radius 1 is 1.58 bits per heavy atom. The first-order valence-corrected chi connectivity index (χ1v) is 4.35. The lowest BCUT2D eigenvalue weighted by Gasteiger charge is -2.35. The number of carbonyl (C=O) groups excluding carboxylic acids is 1. The van der Waals surface area contributed by atoms with Gasteiger partial charge in [0, 0.05) is 6.54 Å². The van der Waals surface area contributed by atoms with Crippen molar-refractivity contribution in [2.24, 2.45) is 0 Å². The van der Waals surface area contributed by atoms with Crippen LogP contribution in [0.25, 0.3) is 0 Å². The first-order valence-electron chi connectivity index (χ1n) is 4.35. The second-order valence-electron chi connectivity index (χ2n) is 3.55. The van der Waals surface area contributed by atoms with E-state index < -0.39 is 0 Å². The van der Waals surface area contributed by atoms with Crippen LogP contribution in [-0.4, -0.2) is 41.4 Å². The second-order valence-corrected chi connectivity index (χ2v) is 3.55. The molecule has 1 heterocycles. The van der Waals surface area contributed by atoms with Gasteiger partial charge >= 0.3 is 6.09 Å². The van der Waals surface area contributed by atoms with Gasteiger partial charge in [-0.15, -0.1) is 0 Å². The van der Waals surface area contributed by atoms with E-state index in [0.29, 0.717) is 13.1 Å². The molecule has 2 rings (SSSR count). The molecule has 4 heteroatoms. The molecule has 2 aliphatic rings. The van der Waals surface area contributed by atoms with Crippen molar-refractivity contribution >= 4 is 6.09 Å². The molecular formula is C8H13NO3. The number of carbonyl (C=O) groups is 1. The molecule has 0 bridgehead atoms. The molecule has 12 heavy (non-hydrogen) atoms. The first kappa shape index (κ1) is 7.86.